The van der Waals surface area contributed by atoms with E-state index in [0.717, 1.165) is 5.56 Å². The van der Waals surface area contributed by atoms with E-state index in [9.17, 15) is 4.79 Å². The van der Waals surface area contributed by atoms with Gasteiger partial charge in [0.1, 0.15) is 5.75 Å². The quantitative estimate of drug-likeness (QED) is 0.614. The van der Waals surface area contributed by atoms with Gasteiger partial charge in [-0.15, -0.1) is 10.2 Å². The summed E-state index contributed by atoms with van der Waals surface area (Å²) in [4.78, 5) is 12.1. The van der Waals surface area contributed by atoms with E-state index in [4.69, 9.17) is 20.8 Å². The number of aromatic nitrogens is 2. The molecular weight excluding hydrogens is 374 g/mol. The Morgan fingerprint density at radius 2 is 2.04 bits per heavy atom. The molecule has 0 bridgehead atoms. The Bertz CT molecular complexity index is 886. The maximum absolute atomic E-state index is 12.1. The van der Waals surface area contributed by atoms with Gasteiger partial charge < -0.3 is 14.5 Å². The highest BCUT2D eigenvalue weighted by Gasteiger charge is 2.11. The molecule has 0 saturated heterocycles. The third-order valence-corrected chi connectivity index (χ3v) is 4.52. The number of carbonyl (C=O) groups is 1. The predicted octanol–water partition coefficient (Wildman–Crippen LogP) is 4.05. The molecule has 3 aromatic rings. The van der Waals surface area contributed by atoms with Gasteiger partial charge in [0, 0.05) is 5.69 Å². The molecule has 2 aromatic carbocycles. The summed E-state index contributed by atoms with van der Waals surface area (Å²) in [6, 6.07) is 14.9. The van der Waals surface area contributed by atoms with E-state index < -0.39 is 0 Å². The summed E-state index contributed by atoms with van der Waals surface area (Å²) in [6.07, 6.45) is 0.560. The van der Waals surface area contributed by atoms with Crippen LogP contribution in [0, 0.1) is 0 Å². The van der Waals surface area contributed by atoms with Gasteiger partial charge in [-0.3, -0.25) is 4.79 Å². The molecule has 0 radical (unpaired) electrons. The number of hydrogen-bond acceptors (Lipinski definition) is 6. The Morgan fingerprint density at radius 3 is 2.77 bits per heavy atom. The minimum Gasteiger partial charge on any atom is -0.495 e. The second-order valence-electron chi connectivity index (χ2n) is 5.31. The van der Waals surface area contributed by atoms with Crippen molar-refractivity contribution >= 4 is 35.0 Å². The van der Waals surface area contributed by atoms with Gasteiger partial charge in [0.05, 0.1) is 24.3 Å². The summed E-state index contributed by atoms with van der Waals surface area (Å²) in [7, 11) is 1.53. The molecule has 0 fully saturated rings. The molecule has 0 aliphatic rings. The Hall–Kier alpha value is -2.51. The first kappa shape index (κ1) is 18.3. The van der Waals surface area contributed by atoms with Crippen LogP contribution in [0.3, 0.4) is 0 Å². The second kappa shape index (κ2) is 8.73. The zero-order valence-electron chi connectivity index (χ0n) is 13.9. The number of benzene rings is 2. The lowest BCUT2D eigenvalue weighted by Crippen LogP contribution is -2.14. The van der Waals surface area contributed by atoms with Crippen molar-refractivity contribution in [2.24, 2.45) is 0 Å². The van der Waals surface area contributed by atoms with E-state index in [1.807, 2.05) is 30.3 Å². The fourth-order valence-corrected chi connectivity index (χ4v) is 3.05. The third kappa shape index (κ3) is 5.00. The van der Waals surface area contributed by atoms with Crippen molar-refractivity contribution in [2.75, 3.05) is 18.2 Å². The first-order valence-electron chi connectivity index (χ1n) is 7.76. The Kier molecular flexibility index (Phi) is 6.14. The molecule has 0 spiro atoms. The van der Waals surface area contributed by atoms with Crippen LogP contribution in [0.1, 0.15) is 11.5 Å². The van der Waals surface area contributed by atoms with E-state index >= 15 is 0 Å². The fourth-order valence-electron chi connectivity index (χ4n) is 2.21. The molecule has 0 unspecified atom stereocenters. The van der Waals surface area contributed by atoms with Gasteiger partial charge in [-0.1, -0.05) is 53.7 Å². The maximum atomic E-state index is 12.1. The van der Waals surface area contributed by atoms with Crippen LogP contribution in [-0.4, -0.2) is 29.0 Å². The summed E-state index contributed by atoms with van der Waals surface area (Å²) in [6.45, 7) is 0. The highest BCUT2D eigenvalue weighted by molar-refractivity contribution is 7.99. The van der Waals surface area contributed by atoms with E-state index in [0.29, 0.717) is 34.0 Å². The summed E-state index contributed by atoms with van der Waals surface area (Å²) in [5.41, 5.74) is 1.68. The highest BCUT2D eigenvalue weighted by Crippen LogP contribution is 2.27. The number of carbonyl (C=O) groups excluding carboxylic acids is 1. The molecule has 0 atom stereocenters. The van der Waals surface area contributed by atoms with Crippen LogP contribution >= 0.6 is 23.4 Å². The molecule has 6 nitrogen and oxygen atoms in total. The molecule has 1 aromatic heterocycles. The predicted molar refractivity (Wildman–Crippen MR) is 101 cm³/mol. The average Bonchev–Trinajstić information content (AvgIpc) is 3.08. The third-order valence-electron chi connectivity index (χ3n) is 3.41. The van der Waals surface area contributed by atoms with Crippen molar-refractivity contribution < 1.29 is 13.9 Å². The number of amides is 1. The van der Waals surface area contributed by atoms with Crippen molar-refractivity contribution in [1.82, 2.24) is 10.2 Å². The molecule has 0 aliphatic carbocycles. The smallest absolute Gasteiger partial charge is 0.277 e. The zero-order valence-corrected chi connectivity index (χ0v) is 15.5. The first-order valence-corrected chi connectivity index (χ1v) is 9.13. The normalized spacial score (nSPS) is 10.5. The van der Waals surface area contributed by atoms with Gasteiger partial charge in [0.25, 0.3) is 5.22 Å². The van der Waals surface area contributed by atoms with Gasteiger partial charge >= 0.3 is 0 Å². The molecule has 3 rings (SSSR count). The monoisotopic (exact) mass is 389 g/mol. The fraction of sp³-hybridized carbons (Fsp3) is 0.167. The number of ether oxygens (including phenoxy) is 1. The second-order valence-corrected chi connectivity index (χ2v) is 6.64. The number of rotatable bonds is 7. The van der Waals surface area contributed by atoms with Crippen molar-refractivity contribution in [3.8, 4) is 5.75 Å². The van der Waals surface area contributed by atoms with Gasteiger partial charge in [0.2, 0.25) is 11.8 Å². The summed E-state index contributed by atoms with van der Waals surface area (Å²) < 4.78 is 10.6. The maximum Gasteiger partial charge on any atom is 0.277 e. The molecule has 8 heteroatoms. The van der Waals surface area contributed by atoms with Crippen molar-refractivity contribution in [2.45, 2.75) is 11.6 Å². The average molecular weight is 390 g/mol. The minimum absolute atomic E-state index is 0.149. The highest BCUT2D eigenvalue weighted by atomic mass is 35.5. The van der Waals surface area contributed by atoms with Crippen LogP contribution in [0.5, 0.6) is 5.75 Å². The Balaban J connectivity index is 1.51. The van der Waals surface area contributed by atoms with E-state index in [1.54, 1.807) is 18.2 Å². The number of nitrogens with zero attached hydrogens (tertiary/aromatic N) is 2. The topological polar surface area (TPSA) is 77.2 Å². The van der Waals surface area contributed by atoms with Crippen molar-refractivity contribution in [3.63, 3.8) is 0 Å². The molecule has 1 N–H and O–H groups in total. The summed E-state index contributed by atoms with van der Waals surface area (Å²) in [5, 5.41) is 11.5. The van der Waals surface area contributed by atoms with Gasteiger partial charge in [-0.05, 0) is 23.8 Å². The van der Waals surface area contributed by atoms with E-state index in [-0.39, 0.29) is 11.7 Å². The molecule has 1 heterocycles. The number of halogens is 1. The van der Waals surface area contributed by atoms with Gasteiger partial charge in [-0.25, -0.2) is 0 Å². The lowest BCUT2D eigenvalue weighted by molar-refractivity contribution is -0.113. The van der Waals surface area contributed by atoms with E-state index in [2.05, 4.69) is 15.5 Å². The number of methoxy groups -OCH3 is 1. The Labute approximate surface area is 159 Å². The van der Waals surface area contributed by atoms with Crippen LogP contribution < -0.4 is 10.1 Å². The molecule has 0 saturated carbocycles. The lowest BCUT2D eigenvalue weighted by atomic mass is 10.2. The van der Waals surface area contributed by atoms with Crippen LogP contribution in [0.4, 0.5) is 5.69 Å². The zero-order chi connectivity index (χ0) is 18.4. The van der Waals surface area contributed by atoms with Gasteiger partial charge in [-0.2, -0.15) is 0 Å². The number of anilines is 1. The molecular formula is C18H16ClN3O3S. The molecule has 26 heavy (non-hydrogen) atoms. The number of thioether (sulfide) groups is 1. The molecule has 0 aliphatic heterocycles. The number of nitrogens with one attached hydrogen (secondary N) is 1. The standard InChI is InChI=1S/C18H16ClN3O3S/c1-24-15-8-7-13(10-14(15)19)20-16(23)11-26-18-22-21-17(25-18)9-12-5-3-2-4-6-12/h2-8,10H,9,11H2,1H3,(H,20,23). The van der Waals surface area contributed by atoms with E-state index in [1.165, 1.54) is 18.9 Å². The largest absolute Gasteiger partial charge is 0.495 e. The Morgan fingerprint density at radius 1 is 1.23 bits per heavy atom. The van der Waals surface area contributed by atoms with Gasteiger partial charge in [0.15, 0.2) is 0 Å². The van der Waals surface area contributed by atoms with Crippen molar-refractivity contribution in [1.29, 1.82) is 0 Å². The lowest BCUT2D eigenvalue weighted by Gasteiger charge is -2.07. The first-order chi connectivity index (χ1) is 12.6. The minimum atomic E-state index is -0.195. The van der Waals surface area contributed by atoms with Crippen LogP contribution in [-0.2, 0) is 11.2 Å². The summed E-state index contributed by atoms with van der Waals surface area (Å²) in [5.74, 6) is 1.02. The van der Waals surface area contributed by atoms with Crippen LogP contribution in [0.2, 0.25) is 5.02 Å². The van der Waals surface area contributed by atoms with Crippen LogP contribution in [0.15, 0.2) is 58.2 Å². The van der Waals surface area contributed by atoms with Crippen molar-refractivity contribution in [3.05, 3.63) is 65.0 Å². The number of hydrogen-bond donors (Lipinski definition) is 1. The molecule has 134 valence electrons. The summed E-state index contributed by atoms with van der Waals surface area (Å²) >= 11 is 7.22. The van der Waals surface area contributed by atoms with Crippen LogP contribution in [0.25, 0.3) is 0 Å². The molecule has 1 amide bonds. The SMILES string of the molecule is COc1ccc(NC(=O)CSc2nnc(Cc3ccccc3)o2)cc1Cl.